The third-order valence-corrected chi connectivity index (χ3v) is 3.01. The van der Waals surface area contributed by atoms with E-state index in [1.165, 1.54) is 4.88 Å². The van der Waals surface area contributed by atoms with Gasteiger partial charge >= 0.3 is 0 Å². The zero-order valence-corrected chi connectivity index (χ0v) is 9.51. The molecule has 0 saturated heterocycles. The molecular weight excluding hydrogens is 208 g/mol. The van der Waals surface area contributed by atoms with Gasteiger partial charge in [0.05, 0.1) is 12.7 Å². The molecule has 2 rings (SSSR count). The smallest absolute Gasteiger partial charge is 0.208 e. The van der Waals surface area contributed by atoms with Gasteiger partial charge in [-0.2, -0.15) is 0 Å². The van der Waals surface area contributed by atoms with Crippen molar-refractivity contribution in [1.29, 1.82) is 0 Å². The first-order valence-corrected chi connectivity index (χ1v) is 5.87. The Bertz CT molecular complexity index is 394. The Morgan fingerprint density at radius 3 is 3.13 bits per heavy atom. The van der Waals surface area contributed by atoms with E-state index in [1.54, 1.807) is 17.5 Å². The van der Waals surface area contributed by atoms with Crippen LogP contribution in [0, 0.1) is 6.92 Å². The van der Waals surface area contributed by atoms with Crippen molar-refractivity contribution in [2.75, 3.05) is 6.54 Å². The molecule has 0 unspecified atom stereocenters. The van der Waals surface area contributed by atoms with Crippen LogP contribution < -0.4 is 5.32 Å². The predicted molar refractivity (Wildman–Crippen MR) is 61.0 cm³/mol. The summed E-state index contributed by atoms with van der Waals surface area (Å²) in [5.74, 6) is 1.63. The highest BCUT2D eigenvalue weighted by Gasteiger charge is 1.99. The molecule has 3 nitrogen and oxygen atoms in total. The van der Waals surface area contributed by atoms with E-state index in [0.29, 0.717) is 6.54 Å². The summed E-state index contributed by atoms with van der Waals surface area (Å²) in [4.78, 5) is 5.53. The lowest BCUT2D eigenvalue weighted by Crippen LogP contribution is -2.16. The van der Waals surface area contributed by atoms with Crippen LogP contribution in [0.4, 0.5) is 0 Å². The molecule has 0 saturated carbocycles. The van der Waals surface area contributed by atoms with Crippen LogP contribution in [-0.4, -0.2) is 11.5 Å². The molecule has 2 heterocycles. The van der Waals surface area contributed by atoms with E-state index in [0.717, 1.165) is 24.6 Å². The van der Waals surface area contributed by atoms with Crippen LogP contribution in [0.3, 0.4) is 0 Å². The Balaban J connectivity index is 1.67. The van der Waals surface area contributed by atoms with Crippen LogP contribution in [0.5, 0.6) is 0 Å². The molecule has 2 aromatic heterocycles. The highest BCUT2D eigenvalue weighted by molar-refractivity contribution is 7.09. The molecule has 0 atom stereocenters. The number of rotatable bonds is 5. The van der Waals surface area contributed by atoms with E-state index >= 15 is 0 Å². The van der Waals surface area contributed by atoms with Crippen LogP contribution in [0.15, 0.2) is 28.1 Å². The van der Waals surface area contributed by atoms with Gasteiger partial charge in [-0.15, -0.1) is 11.3 Å². The highest BCUT2D eigenvalue weighted by Crippen LogP contribution is 2.08. The average molecular weight is 222 g/mol. The van der Waals surface area contributed by atoms with Crippen LogP contribution in [0.25, 0.3) is 0 Å². The Morgan fingerprint density at radius 1 is 1.53 bits per heavy atom. The maximum Gasteiger partial charge on any atom is 0.208 e. The molecule has 0 aromatic carbocycles. The second-order valence-electron chi connectivity index (χ2n) is 3.37. The van der Waals surface area contributed by atoms with E-state index < -0.39 is 0 Å². The second-order valence-corrected chi connectivity index (χ2v) is 4.40. The average Bonchev–Trinajstić information content (AvgIpc) is 2.84. The van der Waals surface area contributed by atoms with Gasteiger partial charge in [-0.05, 0) is 24.8 Å². The van der Waals surface area contributed by atoms with Crippen LogP contribution in [0.2, 0.25) is 0 Å². The fraction of sp³-hybridized carbons (Fsp3) is 0.364. The lowest BCUT2D eigenvalue weighted by Gasteiger charge is -1.99. The van der Waals surface area contributed by atoms with Gasteiger partial charge in [0.1, 0.15) is 5.76 Å². The summed E-state index contributed by atoms with van der Waals surface area (Å²) in [6.45, 7) is 3.57. The number of aromatic nitrogens is 1. The Kier molecular flexibility index (Phi) is 3.53. The fourth-order valence-electron chi connectivity index (χ4n) is 1.34. The van der Waals surface area contributed by atoms with Crippen molar-refractivity contribution in [2.45, 2.75) is 19.9 Å². The molecule has 0 fully saturated rings. The number of hydrogen-bond donors (Lipinski definition) is 1. The molecule has 80 valence electrons. The summed E-state index contributed by atoms with van der Waals surface area (Å²) in [6.07, 6.45) is 2.81. The maximum atomic E-state index is 5.35. The van der Waals surface area contributed by atoms with Crippen molar-refractivity contribution in [3.05, 3.63) is 40.2 Å². The van der Waals surface area contributed by atoms with Gasteiger partial charge < -0.3 is 9.73 Å². The third kappa shape index (κ3) is 3.18. The molecule has 1 N–H and O–H groups in total. The number of nitrogens with one attached hydrogen (secondary N) is 1. The third-order valence-electron chi connectivity index (χ3n) is 2.07. The van der Waals surface area contributed by atoms with E-state index in [2.05, 4.69) is 27.8 Å². The summed E-state index contributed by atoms with van der Waals surface area (Å²) in [5.41, 5.74) is 0. The second kappa shape index (κ2) is 5.09. The first-order valence-electron chi connectivity index (χ1n) is 4.99. The first-order chi connectivity index (χ1) is 7.34. The molecule has 0 amide bonds. The van der Waals surface area contributed by atoms with Crippen molar-refractivity contribution in [3.8, 4) is 0 Å². The fourth-order valence-corrected chi connectivity index (χ4v) is 2.05. The number of nitrogens with zero attached hydrogens (tertiary/aromatic N) is 1. The minimum absolute atomic E-state index is 0.708. The Morgan fingerprint density at radius 2 is 2.47 bits per heavy atom. The monoisotopic (exact) mass is 222 g/mol. The molecular formula is C11H14N2OS. The lowest BCUT2D eigenvalue weighted by atomic mass is 10.3. The first kappa shape index (κ1) is 10.4. The van der Waals surface area contributed by atoms with E-state index in [-0.39, 0.29) is 0 Å². The Hall–Kier alpha value is -1.13. The summed E-state index contributed by atoms with van der Waals surface area (Å²) in [5, 5.41) is 5.41. The van der Waals surface area contributed by atoms with Gasteiger partial charge in [-0.25, -0.2) is 4.98 Å². The Labute approximate surface area is 93.2 Å². The zero-order chi connectivity index (χ0) is 10.5. The molecule has 0 radical (unpaired) electrons. The van der Waals surface area contributed by atoms with Crippen molar-refractivity contribution in [3.63, 3.8) is 0 Å². The zero-order valence-electron chi connectivity index (χ0n) is 8.69. The SMILES string of the molecule is Cc1cnc(CNCCc2cccs2)o1. The largest absolute Gasteiger partial charge is 0.445 e. The molecule has 0 aliphatic carbocycles. The van der Waals surface area contributed by atoms with E-state index in [9.17, 15) is 0 Å². The summed E-state index contributed by atoms with van der Waals surface area (Å²) in [6, 6.07) is 4.24. The lowest BCUT2D eigenvalue weighted by molar-refractivity contribution is 0.450. The normalized spacial score (nSPS) is 10.7. The van der Waals surface area contributed by atoms with Gasteiger partial charge in [0.2, 0.25) is 5.89 Å². The molecule has 0 aliphatic rings. The standard InChI is InChI=1S/C11H14N2OS/c1-9-7-13-11(14-9)8-12-5-4-10-3-2-6-15-10/h2-3,6-7,12H,4-5,8H2,1H3. The minimum Gasteiger partial charge on any atom is -0.445 e. The number of aryl methyl sites for hydroxylation is 1. The summed E-state index contributed by atoms with van der Waals surface area (Å²) >= 11 is 1.79. The molecule has 4 heteroatoms. The van der Waals surface area contributed by atoms with Crippen LogP contribution >= 0.6 is 11.3 Å². The summed E-state index contributed by atoms with van der Waals surface area (Å²) < 4.78 is 5.35. The molecule has 0 spiro atoms. The van der Waals surface area contributed by atoms with Crippen molar-refractivity contribution >= 4 is 11.3 Å². The highest BCUT2D eigenvalue weighted by atomic mass is 32.1. The van der Waals surface area contributed by atoms with Gasteiger partial charge in [0.15, 0.2) is 0 Å². The van der Waals surface area contributed by atoms with Crippen molar-refractivity contribution in [2.24, 2.45) is 0 Å². The van der Waals surface area contributed by atoms with Crippen molar-refractivity contribution in [1.82, 2.24) is 10.3 Å². The molecule has 2 aromatic rings. The topological polar surface area (TPSA) is 38.1 Å². The quantitative estimate of drug-likeness (QED) is 0.789. The van der Waals surface area contributed by atoms with Crippen molar-refractivity contribution < 1.29 is 4.42 Å². The molecule has 0 aliphatic heterocycles. The van der Waals surface area contributed by atoms with Crippen LogP contribution in [0.1, 0.15) is 16.5 Å². The summed E-state index contributed by atoms with van der Waals surface area (Å²) in [7, 11) is 0. The van der Waals surface area contributed by atoms with Gasteiger partial charge in [0, 0.05) is 11.4 Å². The predicted octanol–water partition coefficient (Wildman–Crippen LogP) is 2.38. The van der Waals surface area contributed by atoms with E-state index in [1.807, 2.05) is 6.92 Å². The van der Waals surface area contributed by atoms with Crippen LogP contribution in [-0.2, 0) is 13.0 Å². The van der Waals surface area contributed by atoms with Gasteiger partial charge in [-0.3, -0.25) is 0 Å². The maximum absolute atomic E-state index is 5.35. The number of hydrogen-bond acceptors (Lipinski definition) is 4. The molecule has 0 bridgehead atoms. The molecule has 15 heavy (non-hydrogen) atoms. The number of oxazole rings is 1. The van der Waals surface area contributed by atoms with Gasteiger partial charge in [-0.1, -0.05) is 6.07 Å². The minimum atomic E-state index is 0.708. The van der Waals surface area contributed by atoms with Gasteiger partial charge in [0.25, 0.3) is 0 Å². The van der Waals surface area contributed by atoms with E-state index in [4.69, 9.17) is 4.42 Å². The number of thiophene rings is 1.